The van der Waals surface area contributed by atoms with Crippen LogP contribution >= 0.6 is 0 Å². The van der Waals surface area contributed by atoms with E-state index in [1.165, 1.54) is 22.3 Å². The highest BCUT2D eigenvalue weighted by Gasteiger charge is 2.26. The summed E-state index contributed by atoms with van der Waals surface area (Å²) in [4.78, 5) is 2.65. The molecule has 1 heterocycles. The second kappa shape index (κ2) is 6.06. The first kappa shape index (κ1) is 14.5. The Labute approximate surface area is 118 Å². The van der Waals surface area contributed by atoms with Crippen LogP contribution < -0.4 is 5.32 Å². The van der Waals surface area contributed by atoms with Crippen molar-refractivity contribution in [1.29, 1.82) is 0 Å². The molecule has 0 amide bonds. The number of hydrogen-bond donors (Lipinski definition) is 1. The highest BCUT2D eigenvalue weighted by Crippen LogP contribution is 2.32. The minimum Gasteiger partial charge on any atom is -0.314 e. The highest BCUT2D eigenvalue weighted by atomic mass is 15.2. The van der Waals surface area contributed by atoms with E-state index in [9.17, 15) is 0 Å². The van der Waals surface area contributed by atoms with E-state index in [-0.39, 0.29) is 0 Å². The van der Waals surface area contributed by atoms with E-state index in [2.05, 4.69) is 57.0 Å². The molecular weight excluding hydrogens is 232 g/mol. The lowest BCUT2D eigenvalue weighted by molar-refractivity contribution is 0.136. The summed E-state index contributed by atoms with van der Waals surface area (Å²) in [5, 5.41) is 3.45. The van der Waals surface area contributed by atoms with Gasteiger partial charge in [0.2, 0.25) is 0 Å². The number of rotatable bonds is 3. The molecule has 0 radical (unpaired) electrons. The van der Waals surface area contributed by atoms with E-state index in [1.807, 2.05) is 0 Å². The molecule has 1 saturated heterocycles. The molecule has 0 aromatic heterocycles. The van der Waals surface area contributed by atoms with Crippen molar-refractivity contribution in [2.75, 3.05) is 26.2 Å². The van der Waals surface area contributed by atoms with Crippen LogP contribution in [0.1, 0.15) is 42.1 Å². The maximum absolute atomic E-state index is 3.45. The van der Waals surface area contributed by atoms with E-state index < -0.39 is 0 Å². The summed E-state index contributed by atoms with van der Waals surface area (Å²) < 4.78 is 0. The lowest BCUT2D eigenvalue weighted by Crippen LogP contribution is -2.46. The van der Waals surface area contributed by atoms with Gasteiger partial charge in [-0.15, -0.1) is 0 Å². The van der Waals surface area contributed by atoms with Crippen LogP contribution in [0.4, 0.5) is 0 Å². The largest absolute Gasteiger partial charge is 0.314 e. The van der Waals surface area contributed by atoms with Crippen molar-refractivity contribution in [2.45, 2.75) is 40.7 Å². The summed E-state index contributed by atoms with van der Waals surface area (Å²) in [7, 11) is 0. The van der Waals surface area contributed by atoms with Crippen molar-refractivity contribution in [3.63, 3.8) is 0 Å². The van der Waals surface area contributed by atoms with Gasteiger partial charge in [-0.25, -0.2) is 0 Å². The molecule has 2 heteroatoms. The van der Waals surface area contributed by atoms with Crippen LogP contribution in [0.15, 0.2) is 12.1 Å². The number of nitrogens with one attached hydrogen (secondary N) is 1. The third-order valence-corrected chi connectivity index (χ3v) is 4.38. The lowest BCUT2D eigenvalue weighted by atomic mass is 9.88. The summed E-state index contributed by atoms with van der Waals surface area (Å²) in [5.41, 5.74) is 5.80. The van der Waals surface area contributed by atoms with Crippen molar-refractivity contribution in [3.8, 4) is 0 Å². The summed E-state index contributed by atoms with van der Waals surface area (Å²) >= 11 is 0. The summed E-state index contributed by atoms with van der Waals surface area (Å²) in [5.74, 6) is 0.652. The van der Waals surface area contributed by atoms with Crippen molar-refractivity contribution in [3.05, 3.63) is 34.4 Å². The molecule has 0 spiro atoms. The Morgan fingerprint density at radius 1 is 0.947 bits per heavy atom. The van der Waals surface area contributed by atoms with E-state index >= 15 is 0 Å². The fourth-order valence-corrected chi connectivity index (χ4v) is 3.24. The molecule has 1 atom stereocenters. The first-order valence-electron chi connectivity index (χ1n) is 7.53. The summed E-state index contributed by atoms with van der Waals surface area (Å²) in [6.07, 6.45) is 0. The minimum atomic E-state index is 0.557. The van der Waals surface area contributed by atoms with Crippen LogP contribution in [0.3, 0.4) is 0 Å². The van der Waals surface area contributed by atoms with Crippen molar-refractivity contribution >= 4 is 0 Å². The third kappa shape index (κ3) is 3.18. The Kier molecular flexibility index (Phi) is 4.64. The maximum atomic E-state index is 3.45. The molecule has 2 rings (SSSR count). The summed E-state index contributed by atoms with van der Waals surface area (Å²) in [6, 6.07) is 5.32. The minimum absolute atomic E-state index is 0.557. The number of hydrogen-bond acceptors (Lipinski definition) is 2. The molecule has 1 N–H and O–H groups in total. The predicted octanol–water partition coefficient (Wildman–Crippen LogP) is 3.21. The van der Waals surface area contributed by atoms with E-state index in [1.54, 1.807) is 0 Å². The zero-order valence-corrected chi connectivity index (χ0v) is 13.1. The van der Waals surface area contributed by atoms with Crippen LogP contribution in [0, 0.1) is 26.7 Å². The van der Waals surface area contributed by atoms with E-state index in [4.69, 9.17) is 0 Å². The molecule has 1 aliphatic rings. The standard InChI is InChI=1S/C17H28N2/c1-12(2)17(19-8-6-18-7-9-19)16-11-14(4)13(3)10-15(16)5/h10-12,17-18H,6-9H2,1-5H3. The number of benzene rings is 1. The van der Waals surface area contributed by atoms with E-state index in [0.717, 1.165) is 26.2 Å². The molecule has 19 heavy (non-hydrogen) atoms. The van der Waals surface area contributed by atoms with Gasteiger partial charge in [0.15, 0.2) is 0 Å². The van der Waals surface area contributed by atoms with Gasteiger partial charge in [0.1, 0.15) is 0 Å². The van der Waals surface area contributed by atoms with Gasteiger partial charge in [-0.2, -0.15) is 0 Å². The van der Waals surface area contributed by atoms with E-state index in [0.29, 0.717) is 12.0 Å². The maximum Gasteiger partial charge on any atom is 0.0374 e. The van der Waals surface area contributed by atoms with Gasteiger partial charge in [-0.3, -0.25) is 4.90 Å². The second-order valence-electron chi connectivity index (χ2n) is 6.27. The topological polar surface area (TPSA) is 15.3 Å². The molecule has 106 valence electrons. The molecule has 1 unspecified atom stereocenters. The van der Waals surface area contributed by atoms with Gasteiger partial charge in [0.05, 0.1) is 0 Å². The fourth-order valence-electron chi connectivity index (χ4n) is 3.24. The van der Waals surface area contributed by atoms with Gasteiger partial charge >= 0.3 is 0 Å². The van der Waals surface area contributed by atoms with Crippen LogP contribution in [0.25, 0.3) is 0 Å². The molecule has 1 fully saturated rings. The average molecular weight is 260 g/mol. The smallest absolute Gasteiger partial charge is 0.0374 e. The number of piperazine rings is 1. The molecule has 1 aromatic carbocycles. The molecule has 0 aliphatic carbocycles. The van der Waals surface area contributed by atoms with Gasteiger partial charge in [-0.1, -0.05) is 26.0 Å². The zero-order valence-electron chi connectivity index (χ0n) is 13.1. The molecule has 1 aliphatic heterocycles. The van der Waals surface area contributed by atoms with Crippen molar-refractivity contribution in [2.24, 2.45) is 5.92 Å². The summed E-state index contributed by atoms with van der Waals surface area (Å²) in [6.45, 7) is 16.0. The highest BCUT2D eigenvalue weighted by molar-refractivity contribution is 5.38. The number of nitrogens with zero attached hydrogens (tertiary/aromatic N) is 1. The molecule has 2 nitrogen and oxygen atoms in total. The zero-order chi connectivity index (χ0) is 14.0. The van der Waals surface area contributed by atoms with Crippen LogP contribution in [-0.4, -0.2) is 31.1 Å². The quantitative estimate of drug-likeness (QED) is 0.897. The van der Waals surface area contributed by atoms with Crippen LogP contribution in [0.2, 0.25) is 0 Å². The molecular formula is C17H28N2. The molecule has 0 saturated carbocycles. The van der Waals surface area contributed by atoms with Gasteiger partial charge < -0.3 is 5.32 Å². The first-order chi connectivity index (χ1) is 9.00. The van der Waals surface area contributed by atoms with Gasteiger partial charge in [0.25, 0.3) is 0 Å². The van der Waals surface area contributed by atoms with Crippen LogP contribution in [0.5, 0.6) is 0 Å². The lowest BCUT2D eigenvalue weighted by Gasteiger charge is -2.38. The Balaban J connectivity index is 2.35. The third-order valence-electron chi connectivity index (χ3n) is 4.38. The molecule has 1 aromatic rings. The Bertz CT molecular complexity index is 431. The monoisotopic (exact) mass is 260 g/mol. The van der Waals surface area contributed by atoms with Gasteiger partial charge in [0, 0.05) is 32.2 Å². The average Bonchev–Trinajstić information content (AvgIpc) is 2.37. The SMILES string of the molecule is Cc1cc(C)c(C(C(C)C)N2CCNCC2)cc1C. The first-order valence-corrected chi connectivity index (χ1v) is 7.53. The predicted molar refractivity (Wildman–Crippen MR) is 82.7 cm³/mol. The van der Waals surface area contributed by atoms with Crippen LogP contribution in [-0.2, 0) is 0 Å². The number of aryl methyl sites for hydroxylation is 3. The van der Waals surface area contributed by atoms with Crippen molar-refractivity contribution < 1.29 is 0 Å². The fraction of sp³-hybridized carbons (Fsp3) is 0.647. The Morgan fingerprint density at radius 3 is 2.11 bits per heavy atom. The normalized spacial score (nSPS) is 18.8. The van der Waals surface area contributed by atoms with Crippen molar-refractivity contribution in [1.82, 2.24) is 10.2 Å². The Morgan fingerprint density at radius 2 is 1.53 bits per heavy atom. The Hall–Kier alpha value is -0.860. The second-order valence-corrected chi connectivity index (χ2v) is 6.27. The van der Waals surface area contributed by atoms with Gasteiger partial charge in [-0.05, 0) is 48.9 Å². The molecule has 0 bridgehead atoms.